The molecule has 8 heavy (non-hydrogen) atoms. The van der Waals surface area contributed by atoms with Gasteiger partial charge in [0, 0.05) is 13.7 Å². The van der Waals surface area contributed by atoms with Crippen molar-refractivity contribution in [1.29, 1.82) is 0 Å². The molecular weight excluding hydrogens is 106 g/mol. The second-order valence-electron chi connectivity index (χ2n) is 1.71. The SMILES string of the molecule is COCCN(C)CO. The summed E-state index contributed by atoms with van der Waals surface area (Å²) in [6.07, 6.45) is 0. The van der Waals surface area contributed by atoms with Crippen LogP contribution in [-0.2, 0) is 4.74 Å². The fourth-order valence-corrected chi connectivity index (χ4v) is 0.318. The van der Waals surface area contributed by atoms with E-state index in [9.17, 15) is 0 Å². The summed E-state index contributed by atoms with van der Waals surface area (Å²) in [6.45, 7) is 1.56. The van der Waals surface area contributed by atoms with Gasteiger partial charge in [0.05, 0.1) is 13.3 Å². The molecule has 0 saturated heterocycles. The number of aliphatic hydroxyl groups is 1. The Morgan fingerprint density at radius 1 is 1.62 bits per heavy atom. The van der Waals surface area contributed by atoms with E-state index in [-0.39, 0.29) is 6.73 Å². The van der Waals surface area contributed by atoms with Gasteiger partial charge in [0.2, 0.25) is 0 Å². The Bertz CT molecular complexity index is 49.7. The number of hydrogen-bond acceptors (Lipinski definition) is 3. The molecule has 0 radical (unpaired) electrons. The predicted octanol–water partition coefficient (Wildman–Crippen LogP) is -0.486. The summed E-state index contributed by atoms with van der Waals surface area (Å²) in [5, 5.41) is 8.43. The summed E-state index contributed by atoms with van der Waals surface area (Å²) in [5.74, 6) is 0. The lowest BCUT2D eigenvalue weighted by atomic mass is 10.6. The van der Waals surface area contributed by atoms with Crippen molar-refractivity contribution in [1.82, 2.24) is 4.90 Å². The lowest BCUT2D eigenvalue weighted by molar-refractivity contribution is 0.0950. The van der Waals surface area contributed by atoms with E-state index in [1.165, 1.54) is 0 Å². The molecule has 0 aliphatic heterocycles. The molecule has 0 heterocycles. The van der Waals surface area contributed by atoms with Crippen molar-refractivity contribution in [2.45, 2.75) is 0 Å². The highest BCUT2D eigenvalue weighted by Crippen LogP contribution is 1.76. The molecule has 3 heteroatoms. The van der Waals surface area contributed by atoms with Crippen LogP contribution in [0.25, 0.3) is 0 Å². The highest BCUT2D eigenvalue weighted by molar-refractivity contribution is 4.39. The lowest BCUT2D eigenvalue weighted by Gasteiger charge is -2.10. The molecule has 0 aliphatic carbocycles. The van der Waals surface area contributed by atoms with E-state index in [2.05, 4.69) is 0 Å². The van der Waals surface area contributed by atoms with Crippen molar-refractivity contribution < 1.29 is 9.84 Å². The van der Waals surface area contributed by atoms with Crippen LogP contribution in [0.4, 0.5) is 0 Å². The first-order chi connectivity index (χ1) is 3.81. The number of rotatable bonds is 4. The minimum atomic E-state index is 0.101. The second-order valence-corrected chi connectivity index (χ2v) is 1.71. The minimum Gasteiger partial charge on any atom is -0.383 e. The first-order valence-electron chi connectivity index (χ1n) is 2.59. The van der Waals surface area contributed by atoms with Gasteiger partial charge in [0.1, 0.15) is 0 Å². The van der Waals surface area contributed by atoms with Crippen LogP contribution in [-0.4, -0.2) is 44.0 Å². The first kappa shape index (κ1) is 7.88. The third-order valence-electron chi connectivity index (χ3n) is 0.919. The Morgan fingerprint density at radius 3 is 2.62 bits per heavy atom. The van der Waals surface area contributed by atoms with Crippen LogP contribution < -0.4 is 0 Å². The van der Waals surface area contributed by atoms with Gasteiger partial charge < -0.3 is 9.84 Å². The molecule has 3 nitrogen and oxygen atoms in total. The van der Waals surface area contributed by atoms with Gasteiger partial charge in [-0.2, -0.15) is 0 Å². The normalized spacial score (nSPS) is 10.5. The van der Waals surface area contributed by atoms with Crippen LogP contribution in [0.3, 0.4) is 0 Å². The van der Waals surface area contributed by atoms with Crippen molar-refractivity contribution in [3.63, 3.8) is 0 Å². The molecule has 0 spiro atoms. The quantitative estimate of drug-likeness (QED) is 0.507. The molecule has 0 rings (SSSR count). The fourth-order valence-electron chi connectivity index (χ4n) is 0.318. The number of likely N-dealkylation sites (N-methyl/N-ethyl adjacent to an activating group) is 1. The number of nitrogens with zero attached hydrogens (tertiary/aromatic N) is 1. The van der Waals surface area contributed by atoms with Crippen LogP contribution in [0.1, 0.15) is 0 Å². The highest BCUT2D eigenvalue weighted by atomic mass is 16.5. The van der Waals surface area contributed by atoms with Gasteiger partial charge in [0.25, 0.3) is 0 Å². The van der Waals surface area contributed by atoms with Crippen LogP contribution in [0, 0.1) is 0 Å². The Morgan fingerprint density at radius 2 is 2.25 bits per heavy atom. The summed E-state index contributed by atoms with van der Waals surface area (Å²) >= 11 is 0. The zero-order valence-corrected chi connectivity index (χ0v) is 5.42. The van der Waals surface area contributed by atoms with Gasteiger partial charge in [-0.15, -0.1) is 0 Å². The molecule has 0 aliphatic rings. The van der Waals surface area contributed by atoms with Gasteiger partial charge in [0.15, 0.2) is 0 Å². The maximum absolute atomic E-state index is 8.43. The summed E-state index contributed by atoms with van der Waals surface area (Å²) < 4.78 is 4.76. The number of ether oxygens (including phenoxy) is 1. The third kappa shape index (κ3) is 4.05. The monoisotopic (exact) mass is 119 g/mol. The Kier molecular flexibility index (Phi) is 4.95. The average Bonchev–Trinajstić information content (AvgIpc) is 1.83. The average molecular weight is 119 g/mol. The minimum absolute atomic E-state index is 0.101. The zero-order valence-electron chi connectivity index (χ0n) is 5.42. The molecule has 0 atom stereocenters. The fraction of sp³-hybridized carbons (Fsp3) is 1.00. The number of hydrogen-bond donors (Lipinski definition) is 1. The van der Waals surface area contributed by atoms with Crippen molar-refractivity contribution in [2.24, 2.45) is 0 Å². The van der Waals surface area contributed by atoms with Crippen LogP contribution in [0.5, 0.6) is 0 Å². The molecule has 0 unspecified atom stereocenters. The van der Waals surface area contributed by atoms with Gasteiger partial charge in [-0.25, -0.2) is 0 Å². The molecule has 0 aromatic carbocycles. The maximum Gasteiger partial charge on any atom is 0.0954 e. The summed E-state index contributed by atoms with van der Waals surface area (Å²) in [5.41, 5.74) is 0. The predicted molar refractivity (Wildman–Crippen MR) is 31.6 cm³/mol. The maximum atomic E-state index is 8.43. The molecule has 1 N–H and O–H groups in total. The topological polar surface area (TPSA) is 32.7 Å². The van der Waals surface area contributed by atoms with E-state index in [0.29, 0.717) is 6.61 Å². The lowest BCUT2D eigenvalue weighted by Crippen LogP contribution is -2.23. The van der Waals surface area contributed by atoms with Gasteiger partial charge in [-0.3, -0.25) is 4.90 Å². The van der Waals surface area contributed by atoms with Gasteiger partial charge in [-0.05, 0) is 7.05 Å². The number of aliphatic hydroxyl groups excluding tert-OH is 1. The third-order valence-corrected chi connectivity index (χ3v) is 0.919. The Labute approximate surface area is 49.9 Å². The van der Waals surface area contributed by atoms with Crippen molar-refractivity contribution in [3.05, 3.63) is 0 Å². The van der Waals surface area contributed by atoms with E-state index in [4.69, 9.17) is 9.84 Å². The smallest absolute Gasteiger partial charge is 0.0954 e. The molecule has 0 amide bonds. The molecule has 0 fully saturated rings. The van der Waals surface area contributed by atoms with Crippen LogP contribution >= 0.6 is 0 Å². The molecule has 0 saturated carbocycles. The van der Waals surface area contributed by atoms with Gasteiger partial charge in [-0.1, -0.05) is 0 Å². The second kappa shape index (κ2) is 5.03. The Balaban J connectivity index is 2.86. The standard InChI is InChI=1S/C5H13NO2/c1-6(5-7)3-4-8-2/h7H,3-5H2,1-2H3. The van der Waals surface area contributed by atoms with E-state index >= 15 is 0 Å². The molecule has 0 aromatic heterocycles. The van der Waals surface area contributed by atoms with E-state index in [0.717, 1.165) is 6.54 Å². The highest BCUT2D eigenvalue weighted by Gasteiger charge is 1.90. The first-order valence-corrected chi connectivity index (χ1v) is 2.59. The molecule has 50 valence electrons. The molecule has 0 aromatic rings. The van der Waals surface area contributed by atoms with Crippen molar-refractivity contribution in [3.8, 4) is 0 Å². The summed E-state index contributed by atoms with van der Waals surface area (Å²) in [6, 6.07) is 0. The number of methoxy groups -OCH3 is 1. The van der Waals surface area contributed by atoms with Crippen LogP contribution in [0.15, 0.2) is 0 Å². The molecular formula is C5H13NO2. The van der Waals surface area contributed by atoms with Crippen molar-refractivity contribution in [2.75, 3.05) is 34.0 Å². The largest absolute Gasteiger partial charge is 0.383 e. The van der Waals surface area contributed by atoms with Crippen LogP contribution in [0.2, 0.25) is 0 Å². The van der Waals surface area contributed by atoms with Crippen molar-refractivity contribution >= 4 is 0 Å². The van der Waals surface area contributed by atoms with Gasteiger partial charge >= 0.3 is 0 Å². The summed E-state index contributed by atoms with van der Waals surface area (Å²) in [7, 11) is 3.48. The van der Waals surface area contributed by atoms with E-state index < -0.39 is 0 Å². The Hall–Kier alpha value is -0.120. The zero-order chi connectivity index (χ0) is 6.41. The summed E-state index contributed by atoms with van der Waals surface area (Å²) in [4.78, 5) is 1.77. The van der Waals surface area contributed by atoms with E-state index in [1.807, 2.05) is 7.05 Å². The molecule has 0 bridgehead atoms. The van der Waals surface area contributed by atoms with E-state index in [1.54, 1.807) is 12.0 Å².